The molecule has 37 heavy (non-hydrogen) atoms. The first-order valence-corrected chi connectivity index (χ1v) is 13.8. The Bertz CT molecular complexity index is 977. The van der Waals surface area contributed by atoms with Crippen LogP contribution in [0.15, 0.2) is 16.8 Å². The number of nitrogens with one attached hydrogen (secondary N) is 2. The minimum atomic E-state index is -1.11. The fourth-order valence-corrected chi connectivity index (χ4v) is 7.76. The van der Waals surface area contributed by atoms with Crippen molar-refractivity contribution in [1.29, 1.82) is 0 Å². The molecule has 0 aromatic rings. The molecule has 0 radical (unpaired) electrons. The van der Waals surface area contributed by atoms with Crippen molar-refractivity contribution >= 4 is 23.5 Å². The van der Waals surface area contributed by atoms with Crippen LogP contribution in [0.4, 0.5) is 0 Å². The smallest absolute Gasteiger partial charge is 0.326 e. The third kappa shape index (κ3) is 5.42. The van der Waals surface area contributed by atoms with Crippen molar-refractivity contribution in [1.82, 2.24) is 10.6 Å². The molecule has 0 bridgehead atoms. The summed E-state index contributed by atoms with van der Waals surface area (Å²) in [5.74, 6) is -0.492. The lowest BCUT2D eigenvalue weighted by molar-refractivity contribution is -0.143. The summed E-state index contributed by atoms with van der Waals surface area (Å²) in [6, 6.07) is -1.00. The van der Waals surface area contributed by atoms with E-state index in [2.05, 4.69) is 35.7 Å². The number of hydrogen-bond donors (Lipinski definition) is 4. The Morgan fingerprint density at radius 1 is 1.08 bits per heavy atom. The summed E-state index contributed by atoms with van der Waals surface area (Å²) in [4.78, 5) is 40.6. The standard InChI is InChI=1S/C28H43N3O6/c1-16(2)25(26(35)36)30-23(33)14-29-24(34)15-37-31-18-9-11-27(3)17(13-18)5-6-19-20-7-8-22(32)28(20,4)12-10-21(19)27/h13,16,19-22,25,32H,5-12,14-15H2,1-4H3,(H,29,34)(H,30,33)(H,35,36)/b31-18-/t19-,20+,21+,22+,25-,27-,28-/m0/s1. The lowest BCUT2D eigenvalue weighted by Crippen LogP contribution is -2.51. The van der Waals surface area contributed by atoms with E-state index >= 15 is 0 Å². The maximum atomic E-state index is 12.1. The fourth-order valence-electron chi connectivity index (χ4n) is 7.76. The molecule has 0 spiro atoms. The van der Waals surface area contributed by atoms with Gasteiger partial charge in [-0.2, -0.15) is 0 Å². The van der Waals surface area contributed by atoms with E-state index in [1.54, 1.807) is 13.8 Å². The van der Waals surface area contributed by atoms with Crippen LogP contribution in [0, 0.1) is 34.5 Å². The third-order valence-corrected chi connectivity index (χ3v) is 10.0. The fraction of sp³-hybridized carbons (Fsp3) is 0.786. The molecule has 0 aliphatic heterocycles. The zero-order valence-electron chi connectivity index (χ0n) is 22.6. The first-order valence-electron chi connectivity index (χ1n) is 13.8. The predicted octanol–water partition coefficient (Wildman–Crippen LogP) is 3.02. The summed E-state index contributed by atoms with van der Waals surface area (Å²) >= 11 is 0. The van der Waals surface area contributed by atoms with Crippen LogP contribution in [-0.2, 0) is 19.2 Å². The third-order valence-electron chi connectivity index (χ3n) is 10.0. The number of carboxylic acids is 1. The van der Waals surface area contributed by atoms with E-state index in [1.807, 2.05) is 0 Å². The minimum Gasteiger partial charge on any atom is -0.480 e. The highest BCUT2D eigenvalue weighted by atomic mass is 16.6. The van der Waals surface area contributed by atoms with Gasteiger partial charge in [-0.25, -0.2) is 4.79 Å². The van der Waals surface area contributed by atoms with Gasteiger partial charge in [0.2, 0.25) is 5.91 Å². The zero-order valence-corrected chi connectivity index (χ0v) is 22.6. The van der Waals surface area contributed by atoms with Crippen molar-refractivity contribution in [2.75, 3.05) is 13.2 Å². The molecule has 4 aliphatic rings. The summed E-state index contributed by atoms with van der Waals surface area (Å²) < 4.78 is 0. The first-order chi connectivity index (χ1) is 17.5. The molecule has 0 aromatic carbocycles. The first kappa shape index (κ1) is 27.6. The van der Waals surface area contributed by atoms with Crippen LogP contribution in [0.25, 0.3) is 0 Å². The zero-order chi connectivity index (χ0) is 27.0. The molecule has 0 saturated heterocycles. The Balaban J connectivity index is 1.28. The number of aliphatic carboxylic acids is 1. The summed E-state index contributed by atoms with van der Waals surface area (Å²) in [6.45, 7) is 7.49. The van der Waals surface area contributed by atoms with Crippen LogP contribution in [0.5, 0.6) is 0 Å². The lowest BCUT2D eigenvalue weighted by Gasteiger charge is -2.57. The number of carbonyl (C=O) groups is 3. The number of aliphatic hydroxyl groups excluding tert-OH is 1. The van der Waals surface area contributed by atoms with E-state index in [-0.39, 0.29) is 36.0 Å². The van der Waals surface area contributed by atoms with Crippen molar-refractivity contribution in [2.24, 2.45) is 39.7 Å². The Labute approximate surface area is 219 Å². The average Bonchev–Trinajstić information content (AvgIpc) is 3.15. The summed E-state index contributed by atoms with van der Waals surface area (Å²) in [5.41, 5.74) is 2.52. The van der Waals surface area contributed by atoms with Crippen molar-refractivity contribution < 1.29 is 29.4 Å². The number of aliphatic hydroxyl groups is 1. The highest BCUT2D eigenvalue weighted by Crippen LogP contribution is 2.65. The molecule has 3 fully saturated rings. The topological polar surface area (TPSA) is 137 Å². The Hall–Kier alpha value is -2.42. The van der Waals surface area contributed by atoms with Crippen LogP contribution in [0.1, 0.15) is 79.1 Å². The molecule has 4 N–H and O–H groups in total. The number of nitrogens with zero attached hydrogens (tertiary/aromatic N) is 1. The second-order valence-corrected chi connectivity index (χ2v) is 12.4. The van der Waals surface area contributed by atoms with Gasteiger partial charge in [-0.3, -0.25) is 9.59 Å². The van der Waals surface area contributed by atoms with Gasteiger partial charge in [-0.15, -0.1) is 0 Å². The Kier molecular flexibility index (Phi) is 8.02. The second-order valence-electron chi connectivity index (χ2n) is 12.4. The molecular weight excluding hydrogens is 474 g/mol. The molecule has 4 rings (SSSR count). The molecule has 4 aliphatic carbocycles. The molecule has 7 atom stereocenters. The Morgan fingerprint density at radius 2 is 1.84 bits per heavy atom. The van der Waals surface area contributed by atoms with Crippen LogP contribution < -0.4 is 10.6 Å². The molecule has 0 aromatic heterocycles. The van der Waals surface area contributed by atoms with Crippen molar-refractivity contribution in [3.63, 3.8) is 0 Å². The van der Waals surface area contributed by atoms with Crippen molar-refractivity contribution in [3.8, 4) is 0 Å². The van der Waals surface area contributed by atoms with Gasteiger partial charge in [-0.05, 0) is 91.9 Å². The quantitative estimate of drug-likeness (QED) is 0.365. The molecular formula is C28H43N3O6. The Morgan fingerprint density at radius 3 is 2.54 bits per heavy atom. The van der Waals surface area contributed by atoms with Crippen LogP contribution in [0.2, 0.25) is 0 Å². The van der Waals surface area contributed by atoms with Gasteiger partial charge in [0.15, 0.2) is 6.61 Å². The maximum absolute atomic E-state index is 12.1. The number of amides is 2. The molecule has 9 nitrogen and oxygen atoms in total. The van der Waals surface area contributed by atoms with E-state index in [1.165, 1.54) is 12.0 Å². The van der Waals surface area contributed by atoms with Crippen LogP contribution in [0.3, 0.4) is 0 Å². The number of hydrogen-bond acceptors (Lipinski definition) is 6. The number of rotatable bonds is 8. The number of oxime groups is 1. The normalized spacial score (nSPS) is 36.6. The van der Waals surface area contributed by atoms with E-state index in [4.69, 9.17) is 9.94 Å². The molecule has 0 unspecified atom stereocenters. The van der Waals surface area contributed by atoms with Gasteiger partial charge < -0.3 is 25.7 Å². The van der Waals surface area contributed by atoms with Gasteiger partial charge in [0.25, 0.3) is 5.91 Å². The minimum absolute atomic E-state index is 0.0848. The monoisotopic (exact) mass is 517 g/mol. The number of carbonyl (C=O) groups excluding carboxylic acids is 2. The molecule has 0 heterocycles. The van der Waals surface area contributed by atoms with Gasteiger partial charge >= 0.3 is 5.97 Å². The maximum Gasteiger partial charge on any atom is 0.326 e. The average molecular weight is 518 g/mol. The van der Waals surface area contributed by atoms with E-state index in [9.17, 15) is 19.5 Å². The second kappa shape index (κ2) is 10.8. The van der Waals surface area contributed by atoms with Crippen LogP contribution in [-0.4, -0.2) is 59.0 Å². The van der Waals surface area contributed by atoms with E-state index in [0.717, 1.165) is 50.7 Å². The highest BCUT2D eigenvalue weighted by Gasteiger charge is 2.58. The summed E-state index contributed by atoms with van der Waals surface area (Å²) in [6.07, 6.45) is 10.4. The number of fused-ring (bicyclic) bond motifs is 5. The van der Waals surface area contributed by atoms with E-state index < -0.39 is 23.8 Å². The molecule has 9 heteroatoms. The molecule has 206 valence electrons. The highest BCUT2D eigenvalue weighted by molar-refractivity contribution is 5.96. The lowest BCUT2D eigenvalue weighted by atomic mass is 9.47. The van der Waals surface area contributed by atoms with E-state index in [0.29, 0.717) is 17.8 Å². The number of allylic oxidation sites excluding steroid dienone is 2. The molecule has 3 saturated carbocycles. The van der Waals surface area contributed by atoms with Gasteiger partial charge in [0.05, 0.1) is 18.4 Å². The largest absolute Gasteiger partial charge is 0.480 e. The van der Waals surface area contributed by atoms with Gasteiger partial charge in [-0.1, -0.05) is 38.4 Å². The predicted molar refractivity (Wildman–Crippen MR) is 139 cm³/mol. The summed E-state index contributed by atoms with van der Waals surface area (Å²) in [7, 11) is 0. The number of carboxylic acid groups (broad SMARTS) is 1. The van der Waals surface area contributed by atoms with Gasteiger partial charge in [0.1, 0.15) is 6.04 Å². The summed E-state index contributed by atoms with van der Waals surface area (Å²) in [5, 5.41) is 28.9. The molecule has 2 amide bonds. The SMILES string of the molecule is CC(C)[C@H](NC(=O)CNC(=O)CO/N=C1\C=C2CC[C@H]3[C@H]4CC[C@@H](O)[C@@]4(C)CC[C@H]3[C@@]2(C)CC1)C(=O)O. The van der Waals surface area contributed by atoms with Crippen LogP contribution >= 0.6 is 0 Å². The van der Waals surface area contributed by atoms with Crippen molar-refractivity contribution in [2.45, 2.75) is 91.2 Å². The van der Waals surface area contributed by atoms with Gasteiger partial charge in [0, 0.05) is 0 Å². The van der Waals surface area contributed by atoms with Crippen molar-refractivity contribution in [3.05, 3.63) is 11.6 Å².